The zero-order valence-corrected chi connectivity index (χ0v) is 6.63. The minimum absolute atomic E-state index is 0.148. The second-order valence-corrected chi connectivity index (χ2v) is 3.09. The molecule has 0 bridgehead atoms. The van der Waals surface area contributed by atoms with Gasteiger partial charge in [-0.1, -0.05) is 25.9 Å². The van der Waals surface area contributed by atoms with E-state index in [0.717, 1.165) is 0 Å². The molecule has 10 heavy (non-hydrogen) atoms. The number of oxime groups is 1. The van der Waals surface area contributed by atoms with E-state index in [1.807, 2.05) is 20.8 Å². The lowest BCUT2D eigenvalue weighted by atomic mass is 9.90. The Labute approximate surface area is 61.2 Å². The van der Waals surface area contributed by atoms with Gasteiger partial charge in [-0.2, -0.15) is 0 Å². The van der Waals surface area contributed by atoms with E-state index in [0.29, 0.717) is 5.71 Å². The molecule has 0 aromatic rings. The van der Waals surface area contributed by atoms with E-state index in [-0.39, 0.29) is 5.41 Å². The molecule has 0 amide bonds. The van der Waals surface area contributed by atoms with E-state index in [1.54, 1.807) is 6.08 Å². The van der Waals surface area contributed by atoms with Gasteiger partial charge in [-0.3, -0.25) is 0 Å². The molecule has 3 heteroatoms. The van der Waals surface area contributed by atoms with Gasteiger partial charge in [-0.05, 0) is 12.3 Å². The van der Waals surface area contributed by atoms with E-state index in [2.05, 4.69) is 5.16 Å². The first kappa shape index (κ1) is 9.01. The molecular weight excluding hydrogens is 128 g/mol. The van der Waals surface area contributed by atoms with Crippen molar-refractivity contribution in [1.82, 2.24) is 0 Å². The van der Waals surface area contributed by atoms with Crippen molar-refractivity contribution in [2.45, 2.75) is 20.8 Å². The topological polar surface area (TPSA) is 58.6 Å². The van der Waals surface area contributed by atoms with E-state index >= 15 is 0 Å². The standard InChI is InChI=1S/C7H14N2O/c1-7(2,3)6(9-10)4-5-8/h4-5,10H,8H2,1-3H3/b5-4+,9-6+. The third-order valence-electron chi connectivity index (χ3n) is 1.13. The first-order chi connectivity index (χ1) is 4.52. The molecule has 0 fully saturated rings. The lowest BCUT2D eigenvalue weighted by Gasteiger charge is -2.15. The van der Waals surface area contributed by atoms with Gasteiger partial charge in [0.1, 0.15) is 0 Å². The van der Waals surface area contributed by atoms with Crippen LogP contribution in [0.25, 0.3) is 0 Å². The minimum Gasteiger partial charge on any atom is -0.411 e. The van der Waals surface area contributed by atoms with Gasteiger partial charge < -0.3 is 10.9 Å². The summed E-state index contributed by atoms with van der Waals surface area (Å²) in [6.45, 7) is 5.84. The van der Waals surface area contributed by atoms with Crippen LogP contribution >= 0.6 is 0 Å². The minimum atomic E-state index is -0.148. The van der Waals surface area contributed by atoms with Crippen LogP contribution in [0.15, 0.2) is 17.4 Å². The second-order valence-electron chi connectivity index (χ2n) is 3.09. The zero-order chi connectivity index (χ0) is 8.20. The predicted molar refractivity (Wildman–Crippen MR) is 42.0 cm³/mol. The lowest BCUT2D eigenvalue weighted by molar-refractivity contribution is 0.312. The molecule has 0 saturated carbocycles. The fraction of sp³-hybridized carbons (Fsp3) is 0.571. The van der Waals surface area contributed by atoms with Gasteiger partial charge in [-0.25, -0.2) is 0 Å². The Morgan fingerprint density at radius 3 is 2.10 bits per heavy atom. The number of rotatable bonds is 1. The summed E-state index contributed by atoms with van der Waals surface area (Å²) in [5.41, 5.74) is 5.56. The average Bonchev–Trinajstić information content (AvgIpc) is 1.80. The number of allylic oxidation sites excluding steroid dienone is 1. The maximum Gasteiger partial charge on any atom is 0.0863 e. The highest BCUT2D eigenvalue weighted by molar-refractivity contribution is 5.98. The first-order valence-corrected chi connectivity index (χ1v) is 3.13. The lowest BCUT2D eigenvalue weighted by Crippen LogP contribution is -2.18. The quantitative estimate of drug-likeness (QED) is 0.329. The molecule has 0 aromatic carbocycles. The molecule has 3 nitrogen and oxygen atoms in total. The summed E-state index contributed by atoms with van der Waals surface area (Å²) in [4.78, 5) is 0. The summed E-state index contributed by atoms with van der Waals surface area (Å²) < 4.78 is 0. The number of nitrogens with zero attached hydrogens (tertiary/aromatic N) is 1. The number of hydrogen-bond donors (Lipinski definition) is 2. The van der Waals surface area contributed by atoms with Gasteiger partial charge in [0, 0.05) is 5.41 Å². The molecule has 0 spiro atoms. The Morgan fingerprint density at radius 2 is 2.00 bits per heavy atom. The van der Waals surface area contributed by atoms with Gasteiger partial charge in [-0.15, -0.1) is 0 Å². The fourth-order valence-corrected chi connectivity index (χ4v) is 0.524. The smallest absolute Gasteiger partial charge is 0.0863 e. The summed E-state index contributed by atoms with van der Waals surface area (Å²) in [5.74, 6) is 0. The Kier molecular flexibility index (Phi) is 2.93. The van der Waals surface area contributed by atoms with Crippen molar-refractivity contribution in [2.24, 2.45) is 16.3 Å². The van der Waals surface area contributed by atoms with Crippen LogP contribution in [-0.4, -0.2) is 10.9 Å². The summed E-state index contributed by atoms with van der Waals surface area (Å²) in [7, 11) is 0. The van der Waals surface area contributed by atoms with Crippen LogP contribution < -0.4 is 5.73 Å². The number of hydrogen-bond acceptors (Lipinski definition) is 3. The molecular formula is C7H14N2O. The SMILES string of the molecule is CC(C)(C)C(/C=C/N)=N/O. The maximum absolute atomic E-state index is 8.47. The van der Waals surface area contributed by atoms with Crippen LogP contribution in [0.4, 0.5) is 0 Å². The van der Waals surface area contributed by atoms with Gasteiger partial charge in [0.15, 0.2) is 0 Å². The molecule has 0 unspecified atom stereocenters. The van der Waals surface area contributed by atoms with E-state index in [9.17, 15) is 0 Å². The van der Waals surface area contributed by atoms with Crippen molar-refractivity contribution >= 4 is 5.71 Å². The maximum atomic E-state index is 8.47. The number of nitrogens with two attached hydrogens (primary N) is 1. The molecule has 0 rings (SSSR count). The normalized spacial score (nSPS) is 14.5. The van der Waals surface area contributed by atoms with E-state index < -0.39 is 0 Å². The zero-order valence-electron chi connectivity index (χ0n) is 6.63. The summed E-state index contributed by atoms with van der Waals surface area (Å²) >= 11 is 0. The Morgan fingerprint density at radius 1 is 1.50 bits per heavy atom. The molecule has 0 saturated heterocycles. The molecule has 0 radical (unpaired) electrons. The van der Waals surface area contributed by atoms with Crippen LogP contribution in [-0.2, 0) is 0 Å². The van der Waals surface area contributed by atoms with Crippen LogP contribution in [0.5, 0.6) is 0 Å². The van der Waals surface area contributed by atoms with Crippen molar-refractivity contribution in [3.63, 3.8) is 0 Å². The third-order valence-corrected chi connectivity index (χ3v) is 1.13. The molecule has 0 atom stereocenters. The van der Waals surface area contributed by atoms with Crippen LogP contribution in [0, 0.1) is 5.41 Å². The van der Waals surface area contributed by atoms with Gasteiger partial charge in [0.25, 0.3) is 0 Å². The van der Waals surface area contributed by atoms with Crippen LogP contribution in [0.2, 0.25) is 0 Å². The predicted octanol–water partition coefficient (Wildman–Crippen LogP) is 1.34. The Bertz CT molecular complexity index is 153. The Balaban J connectivity index is 4.39. The highest BCUT2D eigenvalue weighted by Crippen LogP contribution is 2.16. The molecule has 0 aliphatic heterocycles. The van der Waals surface area contributed by atoms with Gasteiger partial charge in [0.2, 0.25) is 0 Å². The molecule has 3 N–H and O–H groups in total. The van der Waals surface area contributed by atoms with Crippen molar-refractivity contribution in [1.29, 1.82) is 0 Å². The second kappa shape index (κ2) is 3.25. The van der Waals surface area contributed by atoms with E-state index in [1.165, 1.54) is 6.20 Å². The van der Waals surface area contributed by atoms with Crippen molar-refractivity contribution in [3.8, 4) is 0 Å². The molecule has 0 aliphatic carbocycles. The van der Waals surface area contributed by atoms with Gasteiger partial charge >= 0.3 is 0 Å². The first-order valence-electron chi connectivity index (χ1n) is 3.13. The van der Waals surface area contributed by atoms with Crippen molar-refractivity contribution in [2.75, 3.05) is 0 Å². The fourth-order valence-electron chi connectivity index (χ4n) is 0.524. The molecule has 0 aromatic heterocycles. The Hall–Kier alpha value is -0.990. The highest BCUT2D eigenvalue weighted by Gasteiger charge is 2.16. The third kappa shape index (κ3) is 2.53. The molecule has 58 valence electrons. The summed E-state index contributed by atoms with van der Waals surface area (Å²) in [6, 6.07) is 0. The summed E-state index contributed by atoms with van der Waals surface area (Å²) in [5, 5.41) is 11.6. The average molecular weight is 142 g/mol. The molecule has 0 heterocycles. The van der Waals surface area contributed by atoms with Crippen LogP contribution in [0.3, 0.4) is 0 Å². The van der Waals surface area contributed by atoms with Gasteiger partial charge in [0.05, 0.1) is 5.71 Å². The monoisotopic (exact) mass is 142 g/mol. The van der Waals surface area contributed by atoms with Crippen LogP contribution in [0.1, 0.15) is 20.8 Å². The molecule has 0 aliphatic rings. The summed E-state index contributed by atoms with van der Waals surface area (Å²) in [6.07, 6.45) is 2.94. The highest BCUT2D eigenvalue weighted by atomic mass is 16.4. The van der Waals surface area contributed by atoms with Crippen molar-refractivity contribution < 1.29 is 5.21 Å². The van der Waals surface area contributed by atoms with E-state index in [4.69, 9.17) is 10.9 Å². The largest absolute Gasteiger partial charge is 0.411 e. The van der Waals surface area contributed by atoms with Crippen molar-refractivity contribution in [3.05, 3.63) is 12.3 Å².